The maximum atomic E-state index is 12.0. The summed E-state index contributed by atoms with van der Waals surface area (Å²) in [5.74, 6) is 0.188. The van der Waals surface area contributed by atoms with Crippen LogP contribution < -0.4 is 10.0 Å². The number of carbonyl (C=O) groups is 1. The molecule has 26 heavy (non-hydrogen) atoms. The van der Waals surface area contributed by atoms with Crippen LogP contribution in [-0.2, 0) is 16.6 Å². The molecule has 0 atom stereocenters. The molecule has 0 aliphatic heterocycles. The first-order valence-electron chi connectivity index (χ1n) is 8.87. The van der Waals surface area contributed by atoms with Crippen LogP contribution in [0.5, 0.6) is 0 Å². The molecule has 2 aromatic rings. The zero-order chi connectivity index (χ0) is 19.3. The fourth-order valence-electron chi connectivity index (χ4n) is 2.86. The normalized spacial score (nSPS) is 11.4. The third-order valence-corrected chi connectivity index (χ3v) is 5.42. The highest BCUT2D eigenvalue weighted by Crippen LogP contribution is 2.27. The highest BCUT2D eigenvalue weighted by Gasteiger charge is 2.16. The van der Waals surface area contributed by atoms with Crippen LogP contribution in [0.25, 0.3) is 0 Å². The number of hydrogen-bond donors (Lipinski definition) is 1. The number of aromatic nitrogens is 1. The van der Waals surface area contributed by atoms with Gasteiger partial charge in [0.25, 0.3) is 5.03 Å². The predicted octanol–water partition coefficient (Wildman–Crippen LogP) is 3.69. The lowest BCUT2D eigenvalue weighted by molar-refractivity contribution is -0.645. The zero-order valence-electron chi connectivity index (χ0n) is 16.3. The van der Waals surface area contributed by atoms with E-state index in [1.54, 1.807) is 18.2 Å². The summed E-state index contributed by atoms with van der Waals surface area (Å²) in [6.07, 6.45) is 2.25. The second-order valence-electron chi connectivity index (χ2n) is 7.59. The van der Waals surface area contributed by atoms with Gasteiger partial charge in [0, 0.05) is 18.7 Å². The Morgan fingerprint density at radius 3 is 2.42 bits per heavy atom. The number of nitrogens with zero attached hydrogens (tertiary/aromatic N) is 1. The van der Waals surface area contributed by atoms with Crippen molar-refractivity contribution < 1.29 is 9.52 Å². The van der Waals surface area contributed by atoms with E-state index in [9.17, 15) is 10.0 Å². The molecule has 1 aromatic carbocycles. The van der Waals surface area contributed by atoms with Crippen LogP contribution in [0.1, 0.15) is 43.0 Å². The van der Waals surface area contributed by atoms with Crippen LogP contribution in [0.15, 0.2) is 41.6 Å². The van der Waals surface area contributed by atoms with E-state index >= 15 is 0 Å². The summed E-state index contributed by atoms with van der Waals surface area (Å²) in [5.41, 5.74) is 5.32. The summed E-state index contributed by atoms with van der Waals surface area (Å²) in [4.78, 5) is 12.0. The van der Waals surface area contributed by atoms with E-state index in [0.29, 0.717) is 11.6 Å². The predicted molar refractivity (Wildman–Crippen MR) is 107 cm³/mol. The standard InChI is InChI=1S/C21H28N2O2S/c1-15-12-17(21(3,4)5)13-16(2)18(15)9-10-22-19(24)14-26-20-8-6-7-11-23(20)25/h6-8,11-13H,9-10,14H2,1-5H3,(H,22,24). The Morgan fingerprint density at radius 2 is 1.85 bits per heavy atom. The van der Waals surface area contributed by atoms with Gasteiger partial charge in [-0.1, -0.05) is 32.9 Å². The Labute approximate surface area is 160 Å². The Bertz CT molecular complexity index is 759. The van der Waals surface area contributed by atoms with Gasteiger partial charge in [-0.2, -0.15) is 4.73 Å². The van der Waals surface area contributed by atoms with Gasteiger partial charge in [-0.25, -0.2) is 0 Å². The molecule has 0 saturated carbocycles. The second-order valence-corrected chi connectivity index (χ2v) is 8.59. The Kier molecular flexibility index (Phi) is 6.70. The number of benzene rings is 1. The van der Waals surface area contributed by atoms with Gasteiger partial charge in [-0.05, 0) is 65.8 Å². The van der Waals surface area contributed by atoms with Gasteiger partial charge >= 0.3 is 0 Å². The molecule has 0 radical (unpaired) electrons. The molecule has 0 saturated heterocycles. The van der Waals surface area contributed by atoms with Crippen molar-refractivity contribution in [3.05, 3.63) is 64.0 Å². The highest BCUT2D eigenvalue weighted by molar-refractivity contribution is 7.99. The van der Waals surface area contributed by atoms with E-state index in [1.807, 2.05) is 0 Å². The summed E-state index contributed by atoms with van der Waals surface area (Å²) < 4.78 is 0.779. The first kappa shape index (κ1) is 20.3. The van der Waals surface area contributed by atoms with Gasteiger partial charge < -0.3 is 10.5 Å². The van der Waals surface area contributed by atoms with Crippen LogP contribution in [-0.4, -0.2) is 18.2 Å². The molecule has 2 rings (SSSR count). The molecule has 1 aromatic heterocycles. The fraction of sp³-hybridized carbons (Fsp3) is 0.429. The number of aryl methyl sites for hydroxylation is 2. The van der Waals surface area contributed by atoms with E-state index in [-0.39, 0.29) is 17.1 Å². The van der Waals surface area contributed by atoms with Crippen molar-refractivity contribution in [1.82, 2.24) is 5.32 Å². The zero-order valence-corrected chi connectivity index (χ0v) is 17.1. The van der Waals surface area contributed by atoms with Crippen molar-refractivity contribution >= 4 is 17.7 Å². The summed E-state index contributed by atoms with van der Waals surface area (Å²) in [6, 6.07) is 9.69. The third kappa shape index (κ3) is 5.49. The molecule has 0 fully saturated rings. The van der Waals surface area contributed by atoms with E-state index in [1.165, 1.54) is 40.2 Å². The average molecular weight is 373 g/mol. The van der Waals surface area contributed by atoms with Crippen LogP contribution in [0.3, 0.4) is 0 Å². The molecule has 1 amide bonds. The van der Waals surface area contributed by atoms with Crippen molar-refractivity contribution in [2.75, 3.05) is 12.3 Å². The molecular formula is C21H28N2O2S. The number of carbonyl (C=O) groups excluding carboxylic acids is 1. The summed E-state index contributed by atoms with van der Waals surface area (Å²) in [6.45, 7) is 11.5. The SMILES string of the molecule is Cc1cc(C(C)(C)C)cc(C)c1CCNC(=O)CSc1cccc[n+]1[O-]. The minimum atomic E-state index is -0.0551. The van der Waals surface area contributed by atoms with E-state index in [4.69, 9.17) is 0 Å². The van der Waals surface area contributed by atoms with Gasteiger partial charge in [0.1, 0.15) is 0 Å². The summed E-state index contributed by atoms with van der Waals surface area (Å²) in [5, 5.41) is 15.1. The average Bonchev–Trinajstić information content (AvgIpc) is 2.55. The maximum absolute atomic E-state index is 12.0. The fourth-order valence-corrected chi connectivity index (χ4v) is 3.61. The largest absolute Gasteiger partial charge is 0.618 e. The van der Waals surface area contributed by atoms with Gasteiger partial charge in [-0.3, -0.25) is 4.79 Å². The molecule has 0 spiro atoms. The van der Waals surface area contributed by atoms with E-state index in [0.717, 1.165) is 11.2 Å². The lowest BCUT2D eigenvalue weighted by Crippen LogP contribution is -2.31. The number of rotatable bonds is 6. The topological polar surface area (TPSA) is 56.0 Å². The maximum Gasteiger partial charge on any atom is 0.251 e. The molecule has 1 N–H and O–H groups in total. The summed E-state index contributed by atoms with van der Waals surface area (Å²) in [7, 11) is 0. The highest BCUT2D eigenvalue weighted by atomic mass is 32.2. The monoisotopic (exact) mass is 372 g/mol. The van der Waals surface area contributed by atoms with Crippen molar-refractivity contribution in [2.45, 2.75) is 51.5 Å². The number of pyridine rings is 1. The quantitative estimate of drug-likeness (QED) is 0.478. The Hall–Kier alpha value is -2.01. The van der Waals surface area contributed by atoms with Gasteiger partial charge in [0.05, 0.1) is 5.75 Å². The lowest BCUT2D eigenvalue weighted by Gasteiger charge is -2.22. The Morgan fingerprint density at radius 1 is 1.19 bits per heavy atom. The molecule has 0 bridgehead atoms. The minimum absolute atomic E-state index is 0.0551. The number of nitrogens with one attached hydrogen (secondary N) is 1. The molecule has 4 nitrogen and oxygen atoms in total. The number of thioether (sulfide) groups is 1. The van der Waals surface area contributed by atoms with E-state index < -0.39 is 0 Å². The smallest absolute Gasteiger partial charge is 0.251 e. The first-order valence-corrected chi connectivity index (χ1v) is 9.85. The molecule has 140 valence electrons. The first-order chi connectivity index (χ1) is 12.2. The molecule has 0 aliphatic carbocycles. The minimum Gasteiger partial charge on any atom is -0.618 e. The second kappa shape index (κ2) is 8.58. The molecule has 0 unspecified atom stereocenters. The number of amides is 1. The molecule has 0 aliphatic rings. The molecule has 5 heteroatoms. The van der Waals surface area contributed by atoms with Crippen LogP contribution in [0.2, 0.25) is 0 Å². The van der Waals surface area contributed by atoms with Gasteiger partial charge in [-0.15, -0.1) is 0 Å². The van der Waals surface area contributed by atoms with Crippen molar-refractivity contribution in [2.24, 2.45) is 0 Å². The Balaban J connectivity index is 1.87. The van der Waals surface area contributed by atoms with Gasteiger partial charge in [0.15, 0.2) is 6.20 Å². The third-order valence-electron chi connectivity index (χ3n) is 4.40. The van der Waals surface area contributed by atoms with Crippen molar-refractivity contribution in [3.8, 4) is 0 Å². The van der Waals surface area contributed by atoms with Crippen LogP contribution >= 0.6 is 11.8 Å². The van der Waals surface area contributed by atoms with E-state index in [2.05, 4.69) is 52.1 Å². The van der Waals surface area contributed by atoms with Crippen molar-refractivity contribution in [1.29, 1.82) is 0 Å². The summed E-state index contributed by atoms with van der Waals surface area (Å²) >= 11 is 1.25. The molecular weight excluding hydrogens is 344 g/mol. The number of hydrogen-bond acceptors (Lipinski definition) is 3. The van der Waals surface area contributed by atoms with Gasteiger partial charge in [0.2, 0.25) is 5.91 Å². The van der Waals surface area contributed by atoms with Crippen molar-refractivity contribution in [3.63, 3.8) is 0 Å². The van der Waals surface area contributed by atoms with Crippen LogP contribution in [0.4, 0.5) is 0 Å². The van der Waals surface area contributed by atoms with Crippen LogP contribution in [0, 0.1) is 19.1 Å². The lowest BCUT2D eigenvalue weighted by atomic mass is 9.83. The molecule has 1 heterocycles.